The minimum absolute atomic E-state index is 0.546. The Labute approximate surface area is 127 Å². The molecule has 0 aliphatic heterocycles. The van der Waals surface area contributed by atoms with E-state index in [0.29, 0.717) is 11.5 Å². The summed E-state index contributed by atoms with van der Waals surface area (Å²) in [7, 11) is 1.95. The van der Waals surface area contributed by atoms with Gasteiger partial charge in [-0.15, -0.1) is 0 Å². The fraction of sp³-hybridized carbons (Fsp3) is 0.722. The molecule has 4 aliphatic rings. The minimum atomic E-state index is 0.546. The molecule has 4 fully saturated rings. The summed E-state index contributed by atoms with van der Waals surface area (Å²) >= 11 is 0. The highest BCUT2D eigenvalue weighted by Crippen LogP contribution is 2.61. The largest absolute Gasteiger partial charge is 0.387 e. The molecule has 0 aromatic carbocycles. The van der Waals surface area contributed by atoms with Crippen LogP contribution in [-0.2, 0) is 0 Å². The predicted molar refractivity (Wildman–Crippen MR) is 87.5 cm³/mol. The van der Waals surface area contributed by atoms with E-state index >= 15 is 0 Å². The molecule has 114 valence electrons. The molecule has 1 heterocycles. The molecule has 21 heavy (non-hydrogen) atoms. The standard InChI is InChI=1S/C18H27N3/c1-12(21-17-6-16(19-2)10-20-11-17)18-7-13-3-14(8-18)5-15(4-13)9-18/h6,10-15,19,21H,3-5,7-9H2,1-2H3. The predicted octanol–water partition coefficient (Wildman–Crippen LogP) is 4.14. The molecule has 1 unspecified atom stereocenters. The summed E-state index contributed by atoms with van der Waals surface area (Å²) < 4.78 is 0. The molecule has 2 N–H and O–H groups in total. The van der Waals surface area contributed by atoms with Crippen LogP contribution in [0, 0.1) is 23.2 Å². The van der Waals surface area contributed by atoms with E-state index in [2.05, 4.69) is 28.6 Å². The summed E-state index contributed by atoms with van der Waals surface area (Å²) in [5.74, 6) is 3.05. The van der Waals surface area contributed by atoms with Gasteiger partial charge in [0.25, 0.3) is 0 Å². The van der Waals surface area contributed by atoms with Gasteiger partial charge in [0, 0.05) is 13.1 Å². The highest BCUT2D eigenvalue weighted by atomic mass is 15.0. The van der Waals surface area contributed by atoms with Crippen LogP contribution in [-0.4, -0.2) is 18.1 Å². The van der Waals surface area contributed by atoms with Crippen LogP contribution < -0.4 is 10.6 Å². The lowest BCUT2D eigenvalue weighted by Crippen LogP contribution is -2.52. The summed E-state index contributed by atoms with van der Waals surface area (Å²) in [4.78, 5) is 4.33. The number of anilines is 2. The Morgan fingerprint density at radius 1 is 1.05 bits per heavy atom. The lowest BCUT2D eigenvalue weighted by molar-refractivity contribution is -0.0602. The first-order chi connectivity index (χ1) is 10.2. The number of hydrogen-bond donors (Lipinski definition) is 2. The monoisotopic (exact) mass is 285 g/mol. The molecule has 1 aromatic rings. The van der Waals surface area contributed by atoms with Crippen LogP contribution in [0.3, 0.4) is 0 Å². The minimum Gasteiger partial charge on any atom is -0.387 e. The van der Waals surface area contributed by atoms with Crippen molar-refractivity contribution in [2.24, 2.45) is 23.2 Å². The second-order valence-electron chi connectivity index (χ2n) is 7.86. The average molecular weight is 285 g/mol. The van der Waals surface area contributed by atoms with Gasteiger partial charge in [0.1, 0.15) is 0 Å². The molecule has 4 bridgehead atoms. The van der Waals surface area contributed by atoms with E-state index in [-0.39, 0.29) is 0 Å². The molecule has 0 radical (unpaired) electrons. The van der Waals surface area contributed by atoms with Crippen LogP contribution in [0.1, 0.15) is 45.4 Å². The lowest BCUT2D eigenvalue weighted by Gasteiger charge is -2.59. The van der Waals surface area contributed by atoms with E-state index in [0.717, 1.165) is 29.1 Å². The molecule has 0 spiro atoms. The van der Waals surface area contributed by atoms with Crippen LogP contribution in [0.2, 0.25) is 0 Å². The van der Waals surface area contributed by atoms with Gasteiger partial charge in [-0.25, -0.2) is 0 Å². The third-order valence-electron chi connectivity index (χ3n) is 6.41. The van der Waals surface area contributed by atoms with Crippen molar-refractivity contribution in [3.05, 3.63) is 18.5 Å². The Morgan fingerprint density at radius 3 is 2.19 bits per heavy atom. The van der Waals surface area contributed by atoms with Gasteiger partial charge in [-0.1, -0.05) is 0 Å². The third kappa shape index (κ3) is 2.31. The van der Waals surface area contributed by atoms with Gasteiger partial charge >= 0.3 is 0 Å². The molecular weight excluding hydrogens is 258 g/mol. The molecule has 3 nitrogen and oxygen atoms in total. The van der Waals surface area contributed by atoms with Crippen molar-refractivity contribution in [3.8, 4) is 0 Å². The fourth-order valence-electron chi connectivity index (χ4n) is 5.77. The van der Waals surface area contributed by atoms with E-state index in [1.165, 1.54) is 38.5 Å². The summed E-state index contributed by atoms with van der Waals surface area (Å²) in [5, 5.41) is 6.94. The molecule has 1 aromatic heterocycles. The Balaban J connectivity index is 1.53. The van der Waals surface area contributed by atoms with Crippen molar-refractivity contribution in [1.82, 2.24) is 4.98 Å². The van der Waals surface area contributed by atoms with E-state index in [4.69, 9.17) is 0 Å². The number of hydrogen-bond acceptors (Lipinski definition) is 3. The maximum Gasteiger partial charge on any atom is 0.0549 e. The van der Waals surface area contributed by atoms with E-state index in [9.17, 15) is 0 Å². The number of pyridine rings is 1. The smallest absolute Gasteiger partial charge is 0.0549 e. The SMILES string of the molecule is CNc1cncc(NC(C)C23CC4CC(CC(C4)C2)C3)c1. The van der Waals surface area contributed by atoms with Crippen LogP contribution in [0.15, 0.2) is 18.5 Å². The third-order valence-corrected chi connectivity index (χ3v) is 6.41. The van der Waals surface area contributed by atoms with E-state index in [1.807, 2.05) is 19.4 Å². The number of nitrogens with zero attached hydrogens (tertiary/aromatic N) is 1. The number of aromatic nitrogens is 1. The van der Waals surface area contributed by atoms with Crippen LogP contribution in [0.5, 0.6) is 0 Å². The van der Waals surface area contributed by atoms with Gasteiger partial charge < -0.3 is 10.6 Å². The van der Waals surface area contributed by atoms with Crippen molar-refractivity contribution in [2.75, 3.05) is 17.7 Å². The van der Waals surface area contributed by atoms with Crippen LogP contribution in [0.25, 0.3) is 0 Å². The second kappa shape index (κ2) is 4.89. The van der Waals surface area contributed by atoms with Crippen molar-refractivity contribution < 1.29 is 0 Å². The van der Waals surface area contributed by atoms with Crippen LogP contribution in [0.4, 0.5) is 11.4 Å². The molecule has 0 amide bonds. The van der Waals surface area contributed by atoms with E-state index < -0.39 is 0 Å². The molecule has 0 saturated heterocycles. The molecule has 1 atom stereocenters. The average Bonchev–Trinajstić information content (AvgIpc) is 2.46. The zero-order chi connectivity index (χ0) is 14.4. The first kappa shape index (κ1) is 13.4. The molecule has 4 aliphatic carbocycles. The van der Waals surface area contributed by atoms with Crippen molar-refractivity contribution in [3.63, 3.8) is 0 Å². The van der Waals surface area contributed by atoms with Crippen molar-refractivity contribution in [2.45, 2.75) is 51.5 Å². The van der Waals surface area contributed by atoms with Gasteiger partial charge in [-0.2, -0.15) is 0 Å². The maximum absolute atomic E-state index is 4.33. The van der Waals surface area contributed by atoms with Crippen molar-refractivity contribution in [1.29, 1.82) is 0 Å². The number of nitrogens with one attached hydrogen (secondary N) is 2. The lowest BCUT2D eigenvalue weighted by atomic mass is 9.48. The quantitative estimate of drug-likeness (QED) is 0.873. The molecule has 3 heteroatoms. The van der Waals surface area contributed by atoms with Gasteiger partial charge in [0.2, 0.25) is 0 Å². The second-order valence-corrected chi connectivity index (χ2v) is 7.86. The summed E-state index contributed by atoms with van der Waals surface area (Å²) in [6.45, 7) is 2.40. The Morgan fingerprint density at radius 2 is 1.62 bits per heavy atom. The topological polar surface area (TPSA) is 37.0 Å². The Bertz CT molecular complexity index is 490. The first-order valence-corrected chi connectivity index (χ1v) is 8.56. The highest BCUT2D eigenvalue weighted by molar-refractivity contribution is 5.54. The summed E-state index contributed by atoms with van der Waals surface area (Å²) in [6, 6.07) is 2.73. The van der Waals surface area contributed by atoms with Gasteiger partial charge in [-0.3, -0.25) is 4.98 Å². The Hall–Kier alpha value is -1.25. The van der Waals surface area contributed by atoms with Gasteiger partial charge in [-0.05, 0) is 74.7 Å². The zero-order valence-electron chi connectivity index (χ0n) is 13.2. The molecular formula is C18H27N3. The summed E-state index contributed by atoms with van der Waals surface area (Å²) in [6.07, 6.45) is 12.7. The first-order valence-electron chi connectivity index (χ1n) is 8.56. The number of rotatable bonds is 4. The van der Waals surface area contributed by atoms with Gasteiger partial charge in [0.15, 0.2) is 0 Å². The van der Waals surface area contributed by atoms with Gasteiger partial charge in [0.05, 0.1) is 23.8 Å². The maximum atomic E-state index is 4.33. The summed E-state index contributed by atoms with van der Waals surface area (Å²) in [5.41, 5.74) is 2.78. The zero-order valence-corrected chi connectivity index (χ0v) is 13.2. The van der Waals surface area contributed by atoms with Crippen molar-refractivity contribution >= 4 is 11.4 Å². The highest BCUT2D eigenvalue weighted by Gasteiger charge is 2.53. The van der Waals surface area contributed by atoms with Crippen LogP contribution >= 0.6 is 0 Å². The molecule has 5 rings (SSSR count). The Kier molecular flexibility index (Phi) is 3.13. The normalized spacial score (nSPS) is 38.3. The van der Waals surface area contributed by atoms with E-state index in [1.54, 1.807) is 0 Å². The molecule has 4 saturated carbocycles. The fourth-order valence-corrected chi connectivity index (χ4v) is 5.77.